The van der Waals surface area contributed by atoms with Crippen molar-refractivity contribution in [2.45, 2.75) is 6.92 Å². The van der Waals surface area contributed by atoms with E-state index in [1.165, 1.54) is 12.4 Å². The highest BCUT2D eigenvalue weighted by Crippen LogP contribution is 1.92. The highest BCUT2D eigenvalue weighted by molar-refractivity contribution is 6.07. The van der Waals surface area contributed by atoms with Crippen molar-refractivity contribution in [3.05, 3.63) is 36.8 Å². The standard InChI is InChI=1S/C9H13N3/c1-4-8(10)9(5-2)12-7-6-11-3/h4-7H,2-3,10H2,1H3/b7-6-,8-4+,12-9-. The van der Waals surface area contributed by atoms with Crippen LogP contribution in [-0.2, 0) is 0 Å². The Morgan fingerprint density at radius 1 is 1.42 bits per heavy atom. The number of nitrogens with two attached hydrogens (primary N) is 1. The van der Waals surface area contributed by atoms with Gasteiger partial charge in [0.2, 0.25) is 0 Å². The first-order valence-corrected chi connectivity index (χ1v) is 3.49. The maximum atomic E-state index is 5.59. The van der Waals surface area contributed by atoms with Crippen molar-refractivity contribution in [1.29, 1.82) is 0 Å². The van der Waals surface area contributed by atoms with Crippen molar-refractivity contribution in [3.63, 3.8) is 0 Å². The second-order valence-electron chi connectivity index (χ2n) is 1.94. The molecule has 3 nitrogen and oxygen atoms in total. The van der Waals surface area contributed by atoms with E-state index in [0.29, 0.717) is 11.4 Å². The van der Waals surface area contributed by atoms with Gasteiger partial charge in [0, 0.05) is 12.4 Å². The molecule has 0 saturated heterocycles. The van der Waals surface area contributed by atoms with Crippen molar-refractivity contribution in [2.75, 3.05) is 0 Å². The zero-order valence-corrected chi connectivity index (χ0v) is 7.20. The Morgan fingerprint density at radius 2 is 2.08 bits per heavy atom. The predicted octanol–water partition coefficient (Wildman–Crippen LogP) is 1.65. The maximum Gasteiger partial charge on any atom is 0.0850 e. The third-order valence-corrected chi connectivity index (χ3v) is 1.19. The summed E-state index contributed by atoms with van der Waals surface area (Å²) in [6.45, 7) is 8.68. The summed E-state index contributed by atoms with van der Waals surface area (Å²) in [5, 5.41) is 0. The van der Waals surface area contributed by atoms with Gasteiger partial charge < -0.3 is 5.73 Å². The summed E-state index contributed by atoms with van der Waals surface area (Å²) in [7, 11) is 0. The predicted molar refractivity (Wildman–Crippen MR) is 54.3 cm³/mol. The molecule has 2 N–H and O–H groups in total. The lowest BCUT2D eigenvalue weighted by molar-refractivity contribution is 1.40. The molecule has 0 saturated carbocycles. The van der Waals surface area contributed by atoms with E-state index in [4.69, 9.17) is 5.73 Å². The van der Waals surface area contributed by atoms with Crippen LogP contribution in [0.25, 0.3) is 0 Å². The SMILES string of the molecule is C=CC(=N/C=C\N=C)/C(N)=C\C. The quantitative estimate of drug-likeness (QED) is 0.629. The average Bonchev–Trinajstić information content (AvgIpc) is 2.11. The molecule has 64 valence electrons. The second kappa shape index (κ2) is 6.09. The number of nitrogens with zero attached hydrogens (tertiary/aromatic N) is 2. The van der Waals surface area contributed by atoms with Crippen LogP contribution in [0, 0.1) is 0 Å². The lowest BCUT2D eigenvalue weighted by atomic mass is 10.2. The van der Waals surface area contributed by atoms with Gasteiger partial charge in [-0.05, 0) is 19.7 Å². The van der Waals surface area contributed by atoms with Crippen LogP contribution in [-0.4, -0.2) is 12.4 Å². The van der Waals surface area contributed by atoms with E-state index in [2.05, 4.69) is 23.3 Å². The average molecular weight is 163 g/mol. The van der Waals surface area contributed by atoms with E-state index in [0.717, 1.165) is 0 Å². The molecule has 0 aliphatic heterocycles. The minimum absolute atomic E-state index is 0.596. The fourth-order valence-corrected chi connectivity index (χ4v) is 0.554. The number of hydrogen-bond acceptors (Lipinski definition) is 3. The van der Waals surface area contributed by atoms with E-state index in [1.54, 1.807) is 12.2 Å². The van der Waals surface area contributed by atoms with Crippen molar-refractivity contribution in [2.24, 2.45) is 15.7 Å². The molecule has 0 aromatic rings. The normalized spacial score (nSPS) is 13.4. The van der Waals surface area contributed by atoms with Gasteiger partial charge in [-0.3, -0.25) is 9.98 Å². The van der Waals surface area contributed by atoms with Gasteiger partial charge in [0.05, 0.1) is 11.4 Å². The Labute approximate surface area is 72.7 Å². The van der Waals surface area contributed by atoms with E-state index in [1.807, 2.05) is 6.92 Å². The van der Waals surface area contributed by atoms with Gasteiger partial charge in [-0.25, -0.2) is 0 Å². The summed E-state index contributed by atoms with van der Waals surface area (Å²) in [5.41, 5.74) is 6.82. The molecule has 0 rings (SSSR count). The van der Waals surface area contributed by atoms with Gasteiger partial charge in [-0.2, -0.15) is 0 Å². The zero-order valence-electron chi connectivity index (χ0n) is 7.20. The lowest BCUT2D eigenvalue weighted by Crippen LogP contribution is -2.07. The summed E-state index contributed by atoms with van der Waals surface area (Å²) in [6.07, 6.45) is 6.34. The third-order valence-electron chi connectivity index (χ3n) is 1.19. The van der Waals surface area contributed by atoms with Crippen LogP contribution >= 0.6 is 0 Å². The molecule has 0 fully saturated rings. The van der Waals surface area contributed by atoms with Gasteiger partial charge in [-0.15, -0.1) is 0 Å². The Bertz CT molecular complexity index is 246. The molecule has 0 bridgehead atoms. The summed E-state index contributed by atoms with van der Waals surface area (Å²) in [4.78, 5) is 7.49. The highest BCUT2D eigenvalue weighted by atomic mass is 14.8. The first-order valence-electron chi connectivity index (χ1n) is 3.49. The molecular weight excluding hydrogens is 150 g/mol. The molecule has 0 aliphatic rings. The van der Waals surface area contributed by atoms with Crippen LogP contribution in [0.1, 0.15) is 6.92 Å². The first kappa shape index (κ1) is 10.4. The van der Waals surface area contributed by atoms with Gasteiger partial charge in [0.1, 0.15) is 0 Å². The van der Waals surface area contributed by atoms with Crippen molar-refractivity contribution < 1.29 is 0 Å². The summed E-state index contributed by atoms with van der Waals surface area (Å²) in [6, 6.07) is 0. The maximum absolute atomic E-state index is 5.59. The van der Waals surface area contributed by atoms with Gasteiger partial charge in [-0.1, -0.05) is 12.7 Å². The Hall–Kier alpha value is -1.64. The lowest BCUT2D eigenvalue weighted by Gasteiger charge is -1.96. The van der Waals surface area contributed by atoms with E-state index in [9.17, 15) is 0 Å². The van der Waals surface area contributed by atoms with Gasteiger partial charge in [0.25, 0.3) is 0 Å². The first-order chi connectivity index (χ1) is 5.76. The molecule has 0 heterocycles. The monoisotopic (exact) mass is 163 g/mol. The molecule has 0 aliphatic carbocycles. The van der Waals surface area contributed by atoms with E-state index >= 15 is 0 Å². The van der Waals surface area contributed by atoms with Crippen LogP contribution in [0.15, 0.2) is 46.8 Å². The number of rotatable bonds is 4. The van der Waals surface area contributed by atoms with E-state index < -0.39 is 0 Å². The largest absolute Gasteiger partial charge is 0.397 e. The molecule has 3 heteroatoms. The summed E-state index contributed by atoms with van der Waals surface area (Å²) in [5.74, 6) is 0. The molecule has 0 aromatic carbocycles. The molecule has 0 unspecified atom stereocenters. The van der Waals surface area contributed by atoms with Crippen molar-refractivity contribution >= 4 is 12.4 Å². The second-order valence-corrected chi connectivity index (χ2v) is 1.94. The van der Waals surface area contributed by atoms with Crippen LogP contribution in [0.2, 0.25) is 0 Å². The van der Waals surface area contributed by atoms with Crippen LogP contribution in [0.3, 0.4) is 0 Å². The van der Waals surface area contributed by atoms with Gasteiger partial charge >= 0.3 is 0 Å². The Morgan fingerprint density at radius 3 is 2.50 bits per heavy atom. The summed E-state index contributed by atoms with van der Waals surface area (Å²) >= 11 is 0. The summed E-state index contributed by atoms with van der Waals surface area (Å²) < 4.78 is 0. The number of aliphatic imine (C=N–C) groups is 2. The van der Waals surface area contributed by atoms with Crippen LogP contribution < -0.4 is 5.73 Å². The topological polar surface area (TPSA) is 50.7 Å². The minimum atomic E-state index is 0.596. The smallest absolute Gasteiger partial charge is 0.0850 e. The van der Waals surface area contributed by atoms with Gasteiger partial charge in [0.15, 0.2) is 0 Å². The molecule has 0 spiro atoms. The molecule has 0 atom stereocenters. The van der Waals surface area contributed by atoms with Crippen molar-refractivity contribution in [1.82, 2.24) is 0 Å². The minimum Gasteiger partial charge on any atom is -0.397 e. The molecule has 0 radical (unpaired) electrons. The zero-order chi connectivity index (χ0) is 9.40. The molecule has 0 amide bonds. The fourth-order valence-electron chi connectivity index (χ4n) is 0.554. The molecular formula is C9H13N3. The van der Waals surface area contributed by atoms with E-state index in [-0.39, 0.29) is 0 Å². The van der Waals surface area contributed by atoms with Crippen molar-refractivity contribution in [3.8, 4) is 0 Å². The number of allylic oxidation sites excluding steroid dienone is 2. The number of hydrogen-bond donors (Lipinski definition) is 1. The van der Waals surface area contributed by atoms with Crippen LogP contribution in [0.5, 0.6) is 0 Å². The Balaban J connectivity index is 4.54. The Kier molecular flexibility index (Phi) is 5.26. The third kappa shape index (κ3) is 3.51. The molecule has 0 aromatic heterocycles. The molecule has 12 heavy (non-hydrogen) atoms. The fraction of sp³-hybridized carbons (Fsp3) is 0.111. The van der Waals surface area contributed by atoms with Crippen LogP contribution in [0.4, 0.5) is 0 Å². The highest BCUT2D eigenvalue weighted by Gasteiger charge is 1.92.